The Morgan fingerprint density at radius 1 is 1.27 bits per heavy atom. The van der Waals surface area contributed by atoms with Gasteiger partial charge in [-0.3, -0.25) is 0 Å². The van der Waals surface area contributed by atoms with Crippen molar-refractivity contribution in [1.82, 2.24) is 9.80 Å². The first-order chi connectivity index (χ1) is 10.4. The van der Waals surface area contributed by atoms with Gasteiger partial charge < -0.3 is 19.3 Å². The topological polar surface area (TPSA) is 76.2 Å². The van der Waals surface area contributed by atoms with Crippen molar-refractivity contribution in [1.29, 1.82) is 0 Å². The summed E-state index contributed by atoms with van der Waals surface area (Å²) in [5, 5.41) is 0. The molecule has 3 heterocycles. The SMILES string of the molecule is CCN(C(=O)N1CCC2(CC1)OCCO2)C1CCS(=O)(=O)C1. The highest BCUT2D eigenvalue weighted by molar-refractivity contribution is 7.91. The number of hydrogen-bond donors (Lipinski definition) is 0. The van der Waals surface area contributed by atoms with Crippen LogP contribution < -0.4 is 0 Å². The molecule has 3 aliphatic rings. The van der Waals surface area contributed by atoms with Gasteiger partial charge in [0.1, 0.15) is 0 Å². The zero-order valence-electron chi connectivity index (χ0n) is 13.0. The van der Waals surface area contributed by atoms with E-state index in [1.54, 1.807) is 9.80 Å². The third-order valence-electron chi connectivity index (χ3n) is 4.84. The first-order valence-electron chi connectivity index (χ1n) is 7.99. The molecule has 0 aromatic heterocycles. The second-order valence-electron chi connectivity index (χ2n) is 6.22. The van der Waals surface area contributed by atoms with E-state index in [4.69, 9.17) is 9.47 Å². The summed E-state index contributed by atoms with van der Waals surface area (Å²) in [7, 11) is -2.99. The zero-order valence-corrected chi connectivity index (χ0v) is 13.8. The molecule has 3 saturated heterocycles. The van der Waals surface area contributed by atoms with Crippen LogP contribution in [0.4, 0.5) is 4.79 Å². The van der Waals surface area contributed by atoms with E-state index in [9.17, 15) is 13.2 Å². The van der Waals surface area contributed by atoms with Gasteiger partial charge in [-0.2, -0.15) is 0 Å². The predicted molar refractivity (Wildman–Crippen MR) is 80.3 cm³/mol. The average Bonchev–Trinajstić information content (AvgIpc) is 3.08. The number of hydrogen-bond acceptors (Lipinski definition) is 5. The Bertz CT molecular complexity index is 519. The van der Waals surface area contributed by atoms with E-state index < -0.39 is 15.6 Å². The van der Waals surface area contributed by atoms with E-state index in [2.05, 4.69) is 0 Å². The van der Waals surface area contributed by atoms with Crippen LogP contribution in [0.1, 0.15) is 26.2 Å². The molecule has 8 heteroatoms. The fourth-order valence-electron chi connectivity index (χ4n) is 3.58. The Balaban J connectivity index is 1.60. The summed E-state index contributed by atoms with van der Waals surface area (Å²) in [5.74, 6) is -0.215. The zero-order chi connectivity index (χ0) is 15.8. The second-order valence-corrected chi connectivity index (χ2v) is 8.45. The molecule has 3 fully saturated rings. The number of likely N-dealkylation sites (tertiary alicyclic amines) is 1. The van der Waals surface area contributed by atoms with Crippen molar-refractivity contribution < 1.29 is 22.7 Å². The van der Waals surface area contributed by atoms with Gasteiger partial charge in [-0.05, 0) is 13.3 Å². The number of rotatable bonds is 2. The van der Waals surface area contributed by atoms with E-state index in [0.717, 1.165) is 0 Å². The first kappa shape index (κ1) is 16.0. The van der Waals surface area contributed by atoms with Gasteiger partial charge in [0.15, 0.2) is 15.6 Å². The summed E-state index contributed by atoms with van der Waals surface area (Å²) < 4.78 is 34.6. The molecular formula is C14H24N2O5S. The maximum absolute atomic E-state index is 12.7. The Morgan fingerprint density at radius 2 is 1.91 bits per heavy atom. The molecule has 3 aliphatic heterocycles. The Hall–Kier alpha value is -0.860. The van der Waals surface area contributed by atoms with Crippen LogP contribution in [0.5, 0.6) is 0 Å². The molecule has 1 spiro atoms. The monoisotopic (exact) mass is 332 g/mol. The van der Waals surface area contributed by atoms with Crippen molar-refractivity contribution >= 4 is 15.9 Å². The number of piperidine rings is 1. The number of ether oxygens (including phenoxy) is 2. The molecule has 7 nitrogen and oxygen atoms in total. The maximum Gasteiger partial charge on any atom is 0.320 e. The third kappa shape index (κ3) is 3.09. The van der Waals surface area contributed by atoms with Crippen LogP contribution >= 0.6 is 0 Å². The number of carbonyl (C=O) groups is 1. The van der Waals surface area contributed by atoms with Gasteiger partial charge in [0.25, 0.3) is 0 Å². The Labute approximate surface area is 131 Å². The molecule has 0 bridgehead atoms. The molecule has 0 saturated carbocycles. The third-order valence-corrected chi connectivity index (χ3v) is 6.60. The highest BCUT2D eigenvalue weighted by Gasteiger charge is 2.42. The van der Waals surface area contributed by atoms with Gasteiger partial charge in [-0.1, -0.05) is 0 Å². The number of urea groups is 1. The first-order valence-corrected chi connectivity index (χ1v) is 9.81. The largest absolute Gasteiger partial charge is 0.347 e. The molecule has 0 aromatic rings. The molecule has 1 unspecified atom stereocenters. The van der Waals surface area contributed by atoms with E-state index in [0.29, 0.717) is 52.1 Å². The quantitative estimate of drug-likeness (QED) is 0.734. The van der Waals surface area contributed by atoms with E-state index >= 15 is 0 Å². The normalized spacial score (nSPS) is 29.9. The minimum absolute atomic E-state index is 0.0579. The fraction of sp³-hybridized carbons (Fsp3) is 0.929. The minimum Gasteiger partial charge on any atom is -0.347 e. The van der Waals surface area contributed by atoms with Crippen molar-refractivity contribution in [2.75, 3.05) is 44.4 Å². The summed E-state index contributed by atoms with van der Waals surface area (Å²) in [5.41, 5.74) is 0. The standard InChI is InChI=1S/C14H24N2O5S/c1-2-16(12-3-10-22(18,19)11-12)13(17)15-6-4-14(5-7-15)20-8-9-21-14/h12H,2-11H2,1H3. The molecule has 126 valence electrons. The van der Waals surface area contributed by atoms with E-state index in [1.165, 1.54) is 0 Å². The predicted octanol–water partition coefficient (Wildman–Crippen LogP) is 0.454. The lowest BCUT2D eigenvalue weighted by atomic mass is 10.0. The van der Waals surface area contributed by atoms with Crippen LogP contribution in [0.25, 0.3) is 0 Å². The number of carbonyl (C=O) groups excluding carboxylic acids is 1. The fourth-order valence-corrected chi connectivity index (χ4v) is 5.31. The van der Waals surface area contributed by atoms with Gasteiger partial charge in [0.05, 0.1) is 24.7 Å². The van der Waals surface area contributed by atoms with E-state index in [1.807, 2.05) is 6.92 Å². The average molecular weight is 332 g/mol. The lowest BCUT2D eigenvalue weighted by molar-refractivity contribution is -0.182. The number of amides is 2. The number of nitrogens with zero attached hydrogens (tertiary/aromatic N) is 2. The van der Waals surface area contributed by atoms with Gasteiger partial charge >= 0.3 is 6.03 Å². The highest BCUT2D eigenvalue weighted by Crippen LogP contribution is 2.32. The minimum atomic E-state index is -2.99. The smallest absolute Gasteiger partial charge is 0.320 e. The molecule has 0 N–H and O–H groups in total. The molecular weight excluding hydrogens is 308 g/mol. The Morgan fingerprint density at radius 3 is 2.41 bits per heavy atom. The van der Waals surface area contributed by atoms with Crippen molar-refractivity contribution in [2.24, 2.45) is 0 Å². The van der Waals surface area contributed by atoms with Crippen LogP contribution in [-0.2, 0) is 19.3 Å². The lowest BCUT2D eigenvalue weighted by Gasteiger charge is -2.40. The van der Waals surface area contributed by atoms with Crippen LogP contribution in [-0.4, -0.2) is 80.4 Å². The molecule has 22 heavy (non-hydrogen) atoms. The van der Waals surface area contributed by atoms with Gasteiger partial charge in [-0.15, -0.1) is 0 Å². The summed E-state index contributed by atoms with van der Waals surface area (Å²) in [6.07, 6.45) is 1.91. The second kappa shape index (κ2) is 5.98. The number of sulfone groups is 1. The molecule has 0 aliphatic carbocycles. The molecule has 2 amide bonds. The van der Waals surface area contributed by atoms with Crippen LogP contribution in [0.3, 0.4) is 0 Å². The molecule has 3 rings (SSSR count). The Kier molecular flexibility index (Phi) is 4.35. The summed E-state index contributed by atoms with van der Waals surface area (Å²) >= 11 is 0. The van der Waals surface area contributed by atoms with E-state index in [-0.39, 0.29) is 23.6 Å². The van der Waals surface area contributed by atoms with Crippen LogP contribution in [0.15, 0.2) is 0 Å². The van der Waals surface area contributed by atoms with Crippen molar-refractivity contribution in [3.8, 4) is 0 Å². The van der Waals surface area contributed by atoms with Crippen LogP contribution in [0.2, 0.25) is 0 Å². The van der Waals surface area contributed by atoms with Crippen LogP contribution in [0, 0.1) is 0 Å². The maximum atomic E-state index is 12.7. The van der Waals surface area contributed by atoms with Gasteiger partial charge in [0, 0.05) is 38.5 Å². The van der Waals surface area contributed by atoms with Gasteiger partial charge in [-0.25, -0.2) is 13.2 Å². The summed E-state index contributed by atoms with van der Waals surface area (Å²) in [4.78, 5) is 16.2. The molecule has 0 aromatic carbocycles. The van der Waals surface area contributed by atoms with Crippen molar-refractivity contribution in [2.45, 2.75) is 38.0 Å². The van der Waals surface area contributed by atoms with Crippen molar-refractivity contribution in [3.63, 3.8) is 0 Å². The van der Waals surface area contributed by atoms with Gasteiger partial charge in [0.2, 0.25) is 0 Å². The lowest BCUT2D eigenvalue weighted by Crippen LogP contribution is -2.53. The molecule has 0 radical (unpaired) electrons. The van der Waals surface area contributed by atoms with Crippen molar-refractivity contribution in [3.05, 3.63) is 0 Å². The summed E-state index contributed by atoms with van der Waals surface area (Å²) in [6.45, 7) is 4.86. The highest BCUT2D eigenvalue weighted by atomic mass is 32.2. The summed E-state index contributed by atoms with van der Waals surface area (Å²) in [6, 6.07) is -0.241. The molecule has 1 atom stereocenters.